The molecule has 0 unspecified atom stereocenters. The maximum absolute atomic E-state index is 12.2. The Morgan fingerprint density at radius 1 is 1.00 bits per heavy atom. The van der Waals surface area contributed by atoms with Gasteiger partial charge in [-0.05, 0) is 24.3 Å². The highest BCUT2D eigenvalue weighted by Crippen LogP contribution is 2.35. The predicted molar refractivity (Wildman–Crippen MR) is 103 cm³/mol. The Balaban J connectivity index is 1.72. The van der Waals surface area contributed by atoms with Gasteiger partial charge in [-0.15, -0.1) is 0 Å². The molecule has 0 bridgehead atoms. The number of nitrogens with one attached hydrogen (secondary N) is 1. The van der Waals surface area contributed by atoms with Crippen LogP contribution >= 0.6 is 23.2 Å². The summed E-state index contributed by atoms with van der Waals surface area (Å²) in [4.78, 5) is 24.2. The second-order valence-corrected chi connectivity index (χ2v) is 6.43. The normalized spacial score (nSPS) is 10.6. The van der Waals surface area contributed by atoms with Gasteiger partial charge in [0, 0.05) is 15.8 Å². The monoisotopic (exact) mass is 405 g/mol. The second-order valence-electron chi connectivity index (χ2n) is 5.59. The van der Waals surface area contributed by atoms with Crippen molar-refractivity contribution in [3.8, 4) is 11.5 Å². The fourth-order valence-electron chi connectivity index (χ4n) is 2.48. The van der Waals surface area contributed by atoms with E-state index >= 15 is 0 Å². The minimum atomic E-state index is -0.958. The molecule has 0 saturated carbocycles. The van der Waals surface area contributed by atoms with Crippen molar-refractivity contribution in [3.63, 3.8) is 0 Å². The number of hydrogen-bond acceptors (Lipinski definition) is 5. The smallest absolute Gasteiger partial charge is 0.342 e. The number of carbonyl (C=O) groups excluding carboxylic acids is 2. The maximum Gasteiger partial charge on any atom is 0.342 e. The lowest BCUT2D eigenvalue weighted by Crippen LogP contribution is -2.21. The van der Waals surface area contributed by atoms with Crippen LogP contribution in [0.4, 0.5) is 5.69 Å². The molecule has 6 nitrogen and oxygen atoms in total. The van der Waals surface area contributed by atoms with E-state index in [1.54, 1.807) is 30.3 Å². The van der Waals surface area contributed by atoms with Gasteiger partial charge < -0.3 is 20.3 Å². The molecular formula is C19H13Cl2NO5. The highest BCUT2D eigenvalue weighted by molar-refractivity contribution is 6.35. The largest absolute Gasteiger partial charge is 0.507 e. The summed E-state index contributed by atoms with van der Waals surface area (Å²) >= 11 is 11.8. The third kappa shape index (κ3) is 4.07. The zero-order chi connectivity index (χ0) is 19.6. The van der Waals surface area contributed by atoms with Gasteiger partial charge in [0.25, 0.3) is 5.91 Å². The third-order valence-electron chi connectivity index (χ3n) is 3.75. The summed E-state index contributed by atoms with van der Waals surface area (Å²) in [7, 11) is 0. The Morgan fingerprint density at radius 3 is 2.44 bits per heavy atom. The molecular weight excluding hydrogens is 393 g/mol. The summed E-state index contributed by atoms with van der Waals surface area (Å²) in [6, 6.07) is 12.1. The van der Waals surface area contributed by atoms with Crippen LogP contribution in [0.25, 0.3) is 10.8 Å². The molecule has 8 heteroatoms. The quantitative estimate of drug-likeness (QED) is 0.442. The zero-order valence-electron chi connectivity index (χ0n) is 13.7. The molecule has 1 amide bonds. The lowest BCUT2D eigenvalue weighted by Gasteiger charge is -2.11. The highest BCUT2D eigenvalue weighted by atomic mass is 35.5. The van der Waals surface area contributed by atoms with Gasteiger partial charge in [0.05, 0.1) is 10.7 Å². The van der Waals surface area contributed by atoms with Gasteiger partial charge in [0.2, 0.25) is 0 Å². The first-order valence-corrected chi connectivity index (χ1v) is 8.48. The average molecular weight is 406 g/mol. The molecule has 0 fully saturated rings. The van der Waals surface area contributed by atoms with Crippen molar-refractivity contribution in [3.05, 3.63) is 64.1 Å². The standard InChI is InChI=1S/C19H13Cl2NO5/c20-10-5-6-14(21)15(7-10)22-17(24)9-27-19(26)13-8-16(23)11-3-1-2-4-12(11)18(13)25/h1-8,23,25H,9H2,(H,22,24). The van der Waals surface area contributed by atoms with E-state index in [-0.39, 0.29) is 27.8 Å². The number of carbonyl (C=O) groups is 2. The van der Waals surface area contributed by atoms with Crippen LogP contribution in [0.15, 0.2) is 48.5 Å². The lowest BCUT2D eigenvalue weighted by atomic mass is 10.0. The van der Waals surface area contributed by atoms with Crippen molar-refractivity contribution < 1.29 is 24.5 Å². The summed E-state index contributed by atoms with van der Waals surface area (Å²) in [6.07, 6.45) is 0. The Morgan fingerprint density at radius 2 is 1.70 bits per heavy atom. The zero-order valence-corrected chi connectivity index (χ0v) is 15.2. The van der Waals surface area contributed by atoms with Crippen LogP contribution < -0.4 is 5.32 Å². The predicted octanol–water partition coefficient (Wildman–Crippen LogP) is 4.35. The van der Waals surface area contributed by atoms with Gasteiger partial charge >= 0.3 is 5.97 Å². The first-order chi connectivity index (χ1) is 12.9. The number of rotatable bonds is 4. The molecule has 0 heterocycles. The number of anilines is 1. The van der Waals surface area contributed by atoms with E-state index in [2.05, 4.69) is 5.32 Å². The summed E-state index contributed by atoms with van der Waals surface area (Å²) < 4.78 is 4.92. The molecule has 3 aromatic rings. The molecule has 27 heavy (non-hydrogen) atoms. The number of esters is 1. The van der Waals surface area contributed by atoms with E-state index in [0.717, 1.165) is 6.07 Å². The molecule has 0 aliphatic carbocycles. The van der Waals surface area contributed by atoms with Crippen molar-refractivity contribution >= 4 is 51.5 Å². The first-order valence-electron chi connectivity index (χ1n) is 7.72. The molecule has 0 aromatic heterocycles. The minimum Gasteiger partial charge on any atom is -0.507 e. The van der Waals surface area contributed by atoms with Crippen molar-refractivity contribution in [2.24, 2.45) is 0 Å². The second kappa shape index (κ2) is 7.73. The third-order valence-corrected chi connectivity index (χ3v) is 4.32. The first kappa shape index (κ1) is 18.8. The number of aromatic hydroxyl groups is 2. The summed E-state index contributed by atoms with van der Waals surface area (Å²) in [5.74, 6) is -2.13. The number of halogens is 2. The Hall–Kier alpha value is -2.96. The van der Waals surface area contributed by atoms with E-state index in [9.17, 15) is 19.8 Å². The number of phenols is 2. The molecule has 3 rings (SSSR count). The molecule has 138 valence electrons. The number of phenolic OH excluding ortho intramolecular Hbond substituents is 2. The fourth-order valence-corrected chi connectivity index (χ4v) is 2.82. The van der Waals surface area contributed by atoms with Gasteiger partial charge in [0.1, 0.15) is 17.1 Å². The van der Waals surface area contributed by atoms with Gasteiger partial charge in [0.15, 0.2) is 6.61 Å². The average Bonchev–Trinajstić information content (AvgIpc) is 2.65. The molecule has 3 N–H and O–H groups in total. The van der Waals surface area contributed by atoms with Crippen molar-refractivity contribution in [1.29, 1.82) is 0 Å². The van der Waals surface area contributed by atoms with Crippen molar-refractivity contribution in [2.75, 3.05) is 11.9 Å². The van der Waals surface area contributed by atoms with E-state index in [0.29, 0.717) is 15.8 Å². The Labute approximate surface area is 163 Å². The van der Waals surface area contributed by atoms with Crippen molar-refractivity contribution in [1.82, 2.24) is 0 Å². The van der Waals surface area contributed by atoms with E-state index < -0.39 is 18.5 Å². The van der Waals surface area contributed by atoms with Crippen LogP contribution in [-0.2, 0) is 9.53 Å². The molecule has 0 atom stereocenters. The topological polar surface area (TPSA) is 95.9 Å². The molecule has 0 spiro atoms. The highest BCUT2D eigenvalue weighted by Gasteiger charge is 2.19. The summed E-state index contributed by atoms with van der Waals surface area (Å²) in [5, 5.41) is 24.1. The molecule has 0 saturated heterocycles. The van der Waals surface area contributed by atoms with Crippen LogP contribution in [0.5, 0.6) is 11.5 Å². The molecule has 0 radical (unpaired) electrons. The van der Waals surface area contributed by atoms with Crippen LogP contribution in [0, 0.1) is 0 Å². The van der Waals surface area contributed by atoms with Gasteiger partial charge in [-0.1, -0.05) is 47.5 Å². The van der Waals surface area contributed by atoms with E-state index in [1.807, 2.05) is 0 Å². The van der Waals surface area contributed by atoms with Gasteiger partial charge in [-0.3, -0.25) is 4.79 Å². The molecule has 3 aromatic carbocycles. The lowest BCUT2D eigenvalue weighted by molar-refractivity contribution is -0.119. The number of hydrogen-bond donors (Lipinski definition) is 3. The SMILES string of the molecule is O=C(COC(=O)c1cc(O)c2ccccc2c1O)Nc1cc(Cl)ccc1Cl. The Kier molecular flexibility index (Phi) is 5.39. The minimum absolute atomic E-state index is 0.189. The number of fused-ring (bicyclic) bond motifs is 1. The van der Waals surface area contributed by atoms with Crippen LogP contribution in [0.1, 0.15) is 10.4 Å². The van der Waals surface area contributed by atoms with Crippen LogP contribution in [0.2, 0.25) is 10.0 Å². The number of benzene rings is 3. The van der Waals surface area contributed by atoms with E-state index in [4.69, 9.17) is 27.9 Å². The molecule has 0 aliphatic rings. The summed E-state index contributed by atoms with van der Waals surface area (Å²) in [5.41, 5.74) is 0.0243. The van der Waals surface area contributed by atoms with Crippen LogP contribution in [0.3, 0.4) is 0 Å². The van der Waals surface area contributed by atoms with Gasteiger partial charge in [-0.25, -0.2) is 4.79 Å². The van der Waals surface area contributed by atoms with Crippen LogP contribution in [-0.4, -0.2) is 28.7 Å². The fraction of sp³-hybridized carbons (Fsp3) is 0.0526. The Bertz CT molecular complexity index is 1050. The number of amides is 1. The van der Waals surface area contributed by atoms with E-state index in [1.165, 1.54) is 12.1 Å². The summed E-state index contributed by atoms with van der Waals surface area (Å²) in [6.45, 7) is -0.616. The van der Waals surface area contributed by atoms with Gasteiger partial charge in [-0.2, -0.15) is 0 Å². The van der Waals surface area contributed by atoms with Crippen molar-refractivity contribution in [2.45, 2.75) is 0 Å². The molecule has 0 aliphatic heterocycles. The number of ether oxygens (including phenoxy) is 1. The maximum atomic E-state index is 12.2.